The Bertz CT molecular complexity index is 398. The van der Waals surface area contributed by atoms with Crippen LogP contribution in [0.3, 0.4) is 0 Å². The Balaban J connectivity index is 1.62. The summed E-state index contributed by atoms with van der Waals surface area (Å²) in [5.41, 5.74) is 1.17. The van der Waals surface area contributed by atoms with Gasteiger partial charge in [-0.05, 0) is 32.2 Å². The van der Waals surface area contributed by atoms with Crippen molar-refractivity contribution >= 4 is 22.9 Å². The number of nitrogens with zero attached hydrogens (tertiary/aromatic N) is 2. The molecule has 0 radical (unpaired) electrons. The van der Waals surface area contributed by atoms with E-state index < -0.39 is 0 Å². The van der Waals surface area contributed by atoms with E-state index in [4.69, 9.17) is 21.3 Å². The molecule has 3 heterocycles. The molecule has 2 aliphatic heterocycles. The van der Waals surface area contributed by atoms with E-state index in [0.717, 1.165) is 31.0 Å². The Hall–Kier alpha value is -0.160. The number of aryl methyl sites for hydroxylation is 1. The first-order valence-corrected chi connectivity index (χ1v) is 8.14. The molecule has 2 fully saturated rings. The molecule has 0 spiro atoms. The maximum atomic E-state index is 5.98. The minimum Gasteiger partial charge on any atom is -0.368 e. The van der Waals surface area contributed by atoms with E-state index in [1.165, 1.54) is 25.1 Å². The number of ether oxygens (including phenoxy) is 1. The van der Waals surface area contributed by atoms with Gasteiger partial charge in [0.2, 0.25) is 0 Å². The zero-order valence-corrected chi connectivity index (χ0v) is 12.1. The molecule has 18 heavy (non-hydrogen) atoms. The van der Waals surface area contributed by atoms with Crippen LogP contribution in [0.4, 0.5) is 0 Å². The summed E-state index contributed by atoms with van der Waals surface area (Å²) in [5.74, 6) is 0.711. The third-order valence-electron chi connectivity index (χ3n) is 3.80. The Morgan fingerprint density at radius 2 is 2.50 bits per heavy atom. The fraction of sp³-hybridized carbons (Fsp3) is 0.769. The summed E-state index contributed by atoms with van der Waals surface area (Å²) in [6, 6.07) is 0.664. The number of aromatic nitrogens is 1. The van der Waals surface area contributed by atoms with E-state index in [-0.39, 0.29) is 6.10 Å². The molecular weight excluding hydrogens is 268 g/mol. The van der Waals surface area contributed by atoms with Crippen LogP contribution in [0.1, 0.15) is 36.1 Å². The first-order valence-electron chi connectivity index (χ1n) is 6.72. The maximum Gasteiger partial charge on any atom is 0.123 e. The average molecular weight is 287 g/mol. The highest BCUT2D eigenvalue weighted by atomic mass is 35.5. The molecule has 2 unspecified atom stereocenters. The topological polar surface area (TPSA) is 25.4 Å². The van der Waals surface area contributed by atoms with Crippen molar-refractivity contribution in [3.63, 3.8) is 0 Å². The van der Waals surface area contributed by atoms with Crippen LogP contribution in [-0.2, 0) is 11.2 Å². The Labute approximate surface area is 117 Å². The number of morpholine rings is 1. The predicted octanol–water partition coefficient (Wildman–Crippen LogP) is 2.85. The molecule has 2 aliphatic rings. The van der Waals surface area contributed by atoms with Crippen molar-refractivity contribution in [2.45, 2.75) is 37.8 Å². The van der Waals surface area contributed by atoms with E-state index in [1.807, 2.05) is 0 Å². The quantitative estimate of drug-likeness (QED) is 0.796. The molecule has 0 N–H and O–H groups in total. The summed E-state index contributed by atoms with van der Waals surface area (Å²) >= 11 is 7.45. The number of thiazole rings is 1. The second kappa shape index (κ2) is 5.87. The molecule has 0 aromatic carbocycles. The summed E-state index contributed by atoms with van der Waals surface area (Å²) < 4.78 is 5.98. The van der Waals surface area contributed by atoms with E-state index in [1.54, 1.807) is 11.3 Å². The van der Waals surface area contributed by atoms with Gasteiger partial charge < -0.3 is 4.74 Å². The molecular formula is C13H19ClN2OS. The van der Waals surface area contributed by atoms with E-state index >= 15 is 0 Å². The molecule has 2 saturated heterocycles. The van der Waals surface area contributed by atoms with Crippen LogP contribution in [0.15, 0.2) is 5.38 Å². The third-order valence-corrected chi connectivity index (χ3v) is 5.05. The fourth-order valence-corrected chi connectivity index (χ4v) is 3.83. The number of rotatable bonds is 4. The van der Waals surface area contributed by atoms with Gasteiger partial charge in [-0.1, -0.05) is 0 Å². The zero-order chi connectivity index (χ0) is 12.4. The molecule has 5 heteroatoms. The summed E-state index contributed by atoms with van der Waals surface area (Å²) in [6.45, 7) is 3.13. The fourth-order valence-electron chi connectivity index (χ4n) is 2.80. The largest absolute Gasteiger partial charge is 0.368 e. The Morgan fingerprint density at radius 3 is 3.39 bits per heavy atom. The van der Waals surface area contributed by atoms with Crippen molar-refractivity contribution in [3.05, 3.63) is 16.1 Å². The smallest absolute Gasteiger partial charge is 0.123 e. The monoisotopic (exact) mass is 286 g/mol. The van der Waals surface area contributed by atoms with Crippen LogP contribution in [0, 0.1) is 0 Å². The summed E-state index contributed by atoms with van der Waals surface area (Å²) in [5, 5.41) is 3.30. The lowest BCUT2D eigenvalue weighted by Crippen LogP contribution is -2.42. The minimum atomic E-state index is 0.189. The number of halogens is 1. The molecule has 2 atom stereocenters. The Kier molecular flexibility index (Phi) is 4.19. The first kappa shape index (κ1) is 12.9. The Morgan fingerprint density at radius 1 is 1.56 bits per heavy atom. The number of fused-ring (bicyclic) bond motifs is 1. The highest BCUT2D eigenvalue weighted by molar-refractivity contribution is 7.09. The van der Waals surface area contributed by atoms with Gasteiger partial charge in [-0.3, -0.25) is 4.90 Å². The number of hydrogen-bond donors (Lipinski definition) is 0. The summed E-state index contributed by atoms with van der Waals surface area (Å²) in [6.07, 6.45) is 4.79. The van der Waals surface area contributed by atoms with Gasteiger partial charge in [-0.2, -0.15) is 0 Å². The predicted molar refractivity (Wildman–Crippen MR) is 74.4 cm³/mol. The molecule has 100 valence electrons. The molecule has 0 amide bonds. The summed E-state index contributed by atoms with van der Waals surface area (Å²) in [4.78, 5) is 7.26. The standard InChI is InChI=1S/C13H19ClN2OS/c14-5-1-3-10-9-18-13(15-10)12-7-16-6-2-4-11(16)8-17-12/h9,11-12H,1-8H2. The lowest BCUT2D eigenvalue weighted by atomic mass is 10.2. The van der Waals surface area contributed by atoms with Gasteiger partial charge in [0.25, 0.3) is 0 Å². The van der Waals surface area contributed by atoms with Crippen LogP contribution >= 0.6 is 22.9 Å². The van der Waals surface area contributed by atoms with Gasteiger partial charge in [0.05, 0.1) is 12.3 Å². The van der Waals surface area contributed by atoms with Gasteiger partial charge in [0.15, 0.2) is 0 Å². The summed E-state index contributed by atoms with van der Waals surface area (Å²) in [7, 11) is 0. The van der Waals surface area contributed by atoms with Crippen LogP contribution in [-0.4, -0.2) is 41.5 Å². The van der Waals surface area contributed by atoms with Crippen LogP contribution in [0.2, 0.25) is 0 Å². The maximum absolute atomic E-state index is 5.98. The zero-order valence-electron chi connectivity index (χ0n) is 10.5. The van der Waals surface area contributed by atoms with E-state index in [0.29, 0.717) is 11.9 Å². The average Bonchev–Trinajstić information content (AvgIpc) is 3.04. The van der Waals surface area contributed by atoms with Crippen molar-refractivity contribution < 1.29 is 4.74 Å². The van der Waals surface area contributed by atoms with E-state index in [9.17, 15) is 0 Å². The molecule has 0 aliphatic carbocycles. The normalized spacial score (nSPS) is 28.5. The highest BCUT2D eigenvalue weighted by Crippen LogP contribution is 2.31. The first-order chi connectivity index (χ1) is 8.86. The van der Waals surface area contributed by atoms with Crippen LogP contribution < -0.4 is 0 Å². The molecule has 1 aromatic heterocycles. The number of alkyl halides is 1. The lowest BCUT2D eigenvalue weighted by molar-refractivity contribution is -0.0502. The van der Waals surface area contributed by atoms with Crippen molar-refractivity contribution in [1.29, 1.82) is 0 Å². The van der Waals surface area contributed by atoms with E-state index in [2.05, 4.69) is 10.3 Å². The second-order valence-electron chi connectivity index (χ2n) is 5.08. The van der Waals surface area contributed by atoms with Gasteiger partial charge in [-0.15, -0.1) is 22.9 Å². The number of hydrogen-bond acceptors (Lipinski definition) is 4. The van der Waals surface area contributed by atoms with Gasteiger partial charge in [-0.25, -0.2) is 4.98 Å². The molecule has 3 nitrogen and oxygen atoms in total. The molecule has 0 bridgehead atoms. The van der Waals surface area contributed by atoms with Crippen molar-refractivity contribution in [1.82, 2.24) is 9.88 Å². The minimum absolute atomic E-state index is 0.189. The van der Waals surface area contributed by atoms with Crippen molar-refractivity contribution in [3.8, 4) is 0 Å². The van der Waals surface area contributed by atoms with Crippen molar-refractivity contribution in [2.24, 2.45) is 0 Å². The third kappa shape index (κ3) is 2.72. The van der Waals surface area contributed by atoms with Crippen LogP contribution in [0.25, 0.3) is 0 Å². The SMILES string of the molecule is ClCCCc1csc(C2CN3CCCC3CO2)n1. The molecule has 1 aromatic rings. The highest BCUT2D eigenvalue weighted by Gasteiger charge is 2.33. The van der Waals surface area contributed by atoms with Crippen LogP contribution in [0.5, 0.6) is 0 Å². The van der Waals surface area contributed by atoms with Gasteiger partial charge in [0.1, 0.15) is 11.1 Å². The molecule has 0 saturated carbocycles. The van der Waals surface area contributed by atoms with Gasteiger partial charge in [0, 0.05) is 23.8 Å². The van der Waals surface area contributed by atoms with Gasteiger partial charge >= 0.3 is 0 Å². The van der Waals surface area contributed by atoms with Crippen molar-refractivity contribution in [2.75, 3.05) is 25.6 Å². The lowest BCUT2D eigenvalue weighted by Gasteiger charge is -2.34. The second-order valence-corrected chi connectivity index (χ2v) is 6.35. The molecule has 3 rings (SSSR count).